The lowest BCUT2D eigenvalue weighted by atomic mass is 9.85. The van der Waals surface area contributed by atoms with Crippen molar-refractivity contribution in [2.45, 2.75) is 76.3 Å². The van der Waals surface area contributed by atoms with Gasteiger partial charge in [-0.15, -0.1) is 0 Å². The fourth-order valence-electron chi connectivity index (χ4n) is 4.47. The average molecular weight is 408 g/mol. The van der Waals surface area contributed by atoms with Crippen molar-refractivity contribution in [2.24, 2.45) is 5.92 Å². The van der Waals surface area contributed by atoms with Gasteiger partial charge in [-0.1, -0.05) is 25.3 Å². The van der Waals surface area contributed by atoms with E-state index in [4.69, 9.17) is 0 Å². The van der Waals surface area contributed by atoms with Crippen LogP contribution in [0.5, 0.6) is 0 Å². The van der Waals surface area contributed by atoms with Gasteiger partial charge >= 0.3 is 0 Å². The molecular weight excluding hydrogens is 374 g/mol. The first kappa shape index (κ1) is 21.4. The molecule has 6 nitrogen and oxygen atoms in total. The van der Waals surface area contributed by atoms with Crippen LogP contribution in [0.25, 0.3) is 0 Å². The number of hydrogen-bond acceptors (Lipinski definition) is 5. The molecule has 0 radical (unpaired) electrons. The lowest BCUT2D eigenvalue weighted by Crippen LogP contribution is -2.39. The summed E-state index contributed by atoms with van der Waals surface area (Å²) in [6.07, 6.45) is 12.2. The first-order chi connectivity index (χ1) is 13.4. The molecule has 0 aromatic carbocycles. The van der Waals surface area contributed by atoms with Crippen LogP contribution in [0.2, 0.25) is 0 Å². The Bertz CT molecular complexity index is 620. The van der Waals surface area contributed by atoms with Crippen molar-refractivity contribution in [3.63, 3.8) is 0 Å². The van der Waals surface area contributed by atoms with Crippen LogP contribution in [-0.2, 0) is 9.59 Å². The van der Waals surface area contributed by atoms with Crippen molar-refractivity contribution in [3.8, 4) is 0 Å². The number of amides is 3. The molecule has 1 aliphatic heterocycles. The van der Waals surface area contributed by atoms with E-state index in [0.717, 1.165) is 63.1 Å². The number of thioether (sulfide) groups is 1. The van der Waals surface area contributed by atoms with E-state index in [1.165, 1.54) is 11.3 Å². The quantitative estimate of drug-likeness (QED) is 0.682. The highest BCUT2D eigenvalue weighted by atomic mass is 32.2. The van der Waals surface area contributed by atoms with Gasteiger partial charge in [0.1, 0.15) is 0 Å². The molecule has 1 N–H and O–H groups in total. The van der Waals surface area contributed by atoms with E-state index in [1.54, 1.807) is 0 Å². The molecule has 7 heteroatoms. The van der Waals surface area contributed by atoms with E-state index in [9.17, 15) is 14.4 Å². The van der Waals surface area contributed by atoms with Crippen LogP contribution in [0, 0.1) is 5.92 Å². The maximum atomic E-state index is 12.6. The van der Waals surface area contributed by atoms with Gasteiger partial charge in [0.05, 0.1) is 4.91 Å². The molecule has 3 aliphatic rings. The highest BCUT2D eigenvalue weighted by molar-refractivity contribution is 8.18. The minimum absolute atomic E-state index is 0.0584. The molecule has 1 heterocycles. The number of imide groups is 1. The van der Waals surface area contributed by atoms with Crippen molar-refractivity contribution in [1.82, 2.24) is 15.1 Å². The molecule has 2 saturated carbocycles. The summed E-state index contributed by atoms with van der Waals surface area (Å²) in [5.74, 6) is 0.0807. The van der Waals surface area contributed by atoms with Crippen molar-refractivity contribution in [1.29, 1.82) is 0 Å². The van der Waals surface area contributed by atoms with Crippen LogP contribution in [0.3, 0.4) is 0 Å². The predicted octanol–water partition coefficient (Wildman–Crippen LogP) is 3.53. The lowest BCUT2D eigenvalue weighted by molar-refractivity contribution is -0.124. The zero-order valence-electron chi connectivity index (χ0n) is 17.1. The van der Waals surface area contributed by atoms with Gasteiger partial charge in [-0.05, 0) is 70.3 Å². The van der Waals surface area contributed by atoms with Gasteiger partial charge in [0.2, 0.25) is 5.91 Å². The van der Waals surface area contributed by atoms with Gasteiger partial charge in [0, 0.05) is 25.0 Å². The SMILES string of the molecule is CN(C)C1CCC(/C=C2\SC(=O)N(CCC(=O)NC3CCCCC3)C2=O)CC1. The minimum atomic E-state index is -0.247. The Morgan fingerprint density at radius 3 is 2.43 bits per heavy atom. The molecule has 0 atom stereocenters. The van der Waals surface area contributed by atoms with E-state index in [0.29, 0.717) is 16.9 Å². The number of nitrogens with one attached hydrogen (secondary N) is 1. The summed E-state index contributed by atoms with van der Waals surface area (Å²) in [6.45, 7) is 0.175. The fraction of sp³-hybridized carbons (Fsp3) is 0.762. The molecule has 3 amide bonds. The Hall–Kier alpha value is -1.34. The molecular formula is C21H33N3O3S. The summed E-state index contributed by atoms with van der Waals surface area (Å²) in [7, 11) is 4.22. The molecule has 1 saturated heterocycles. The lowest BCUT2D eigenvalue weighted by Gasteiger charge is -2.31. The van der Waals surface area contributed by atoms with Crippen LogP contribution in [0.4, 0.5) is 4.79 Å². The normalized spacial score (nSPS) is 28.4. The number of nitrogens with zero attached hydrogens (tertiary/aromatic N) is 2. The van der Waals surface area contributed by atoms with E-state index in [2.05, 4.69) is 24.3 Å². The van der Waals surface area contributed by atoms with Gasteiger partial charge in [0.15, 0.2) is 0 Å². The first-order valence-corrected chi connectivity index (χ1v) is 11.5. The minimum Gasteiger partial charge on any atom is -0.353 e. The second kappa shape index (κ2) is 9.92. The number of hydrogen-bond donors (Lipinski definition) is 1. The van der Waals surface area contributed by atoms with Crippen molar-refractivity contribution >= 4 is 28.8 Å². The molecule has 156 valence electrons. The van der Waals surface area contributed by atoms with Gasteiger partial charge in [0.25, 0.3) is 11.1 Å². The van der Waals surface area contributed by atoms with E-state index in [1.807, 2.05) is 6.08 Å². The molecule has 0 unspecified atom stereocenters. The zero-order valence-corrected chi connectivity index (χ0v) is 17.9. The summed E-state index contributed by atoms with van der Waals surface area (Å²) in [4.78, 5) is 41.1. The standard InChI is InChI=1S/C21H33N3O3S/c1-23(2)17-10-8-15(9-11-17)14-18-20(26)24(21(27)28-18)13-12-19(25)22-16-6-4-3-5-7-16/h14-17H,3-13H2,1-2H3,(H,22,25)/b18-14-. The number of rotatable bonds is 6. The summed E-state index contributed by atoms with van der Waals surface area (Å²) in [6, 6.07) is 0.871. The predicted molar refractivity (Wildman–Crippen MR) is 112 cm³/mol. The van der Waals surface area contributed by atoms with Crippen LogP contribution in [-0.4, -0.2) is 59.6 Å². The van der Waals surface area contributed by atoms with E-state index in [-0.39, 0.29) is 36.1 Å². The van der Waals surface area contributed by atoms with Crippen LogP contribution < -0.4 is 5.32 Å². The Morgan fingerprint density at radius 1 is 1.11 bits per heavy atom. The molecule has 0 aromatic heterocycles. The van der Waals surface area contributed by atoms with E-state index >= 15 is 0 Å². The largest absolute Gasteiger partial charge is 0.353 e. The molecule has 3 fully saturated rings. The maximum Gasteiger partial charge on any atom is 0.293 e. The fourth-order valence-corrected chi connectivity index (χ4v) is 5.40. The summed E-state index contributed by atoms with van der Waals surface area (Å²) < 4.78 is 0. The van der Waals surface area contributed by atoms with Gasteiger partial charge < -0.3 is 10.2 Å². The van der Waals surface area contributed by atoms with Crippen LogP contribution in [0.1, 0.15) is 64.2 Å². The van der Waals surface area contributed by atoms with Gasteiger partial charge in [-0.25, -0.2) is 0 Å². The summed E-state index contributed by atoms with van der Waals surface area (Å²) in [5.41, 5.74) is 0. The van der Waals surface area contributed by atoms with Crippen molar-refractivity contribution in [3.05, 3.63) is 11.0 Å². The van der Waals surface area contributed by atoms with Crippen LogP contribution >= 0.6 is 11.8 Å². The molecule has 0 bridgehead atoms. The Balaban J connectivity index is 1.47. The number of carbonyl (C=O) groups excluding carboxylic acids is 3. The summed E-state index contributed by atoms with van der Waals surface area (Å²) >= 11 is 1.03. The van der Waals surface area contributed by atoms with Gasteiger partial charge in [-0.2, -0.15) is 0 Å². The third-order valence-corrected chi connectivity index (χ3v) is 7.19. The monoisotopic (exact) mass is 407 g/mol. The molecule has 3 rings (SSSR count). The summed E-state index contributed by atoms with van der Waals surface area (Å²) in [5, 5.41) is 2.80. The smallest absolute Gasteiger partial charge is 0.293 e. The Labute approximate surface area is 172 Å². The Kier molecular flexibility index (Phi) is 7.57. The molecule has 0 spiro atoms. The highest BCUT2D eigenvalue weighted by Gasteiger charge is 2.36. The second-order valence-corrected chi connectivity index (χ2v) is 9.53. The molecule has 2 aliphatic carbocycles. The molecule has 0 aromatic rings. The van der Waals surface area contributed by atoms with Crippen molar-refractivity contribution < 1.29 is 14.4 Å². The molecule has 28 heavy (non-hydrogen) atoms. The topological polar surface area (TPSA) is 69.7 Å². The Morgan fingerprint density at radius 2 is 1.79 bits per heavy atom. The van der Waals surface area contributed by atoms with Gasteiger partial charge in [-0.3, -0.25) is 19.3 Å². The third kappa shape index (κ3) is 5.60. The second-order valence-electron chi connectivity index (χ2n) is 8.54. The van der Waals surface area contributed by atoms with E-state index < -0.39 is 0 Å². The average Bonchev–Trinajstić information content (AvgIpc) is 2.94. The third-order valence-electron chi connectivity index (χ3n) is 6.27. The zero-order chi connectivity index (χ0) is 20.1. The maximum absolute atomic E-state index is 12.6. The first-order valence-electron chi connectivity index (χ1n) is 10.7. The highest BCUT2D eigenvalue weighted by Crippen LogP contribution is 2.35. The number of allylic oxidation sites excluding steroid dienone is 1. The van der Waals surface area contributed by atoms with Crippen LogP contribution in [0.15, 0.2) is 11.0 Å². The number of carbonyl (C=O) groups is 3. The van der Waals surface area contributed by atoms with Crippen molar-refractivity contribution in [2.75, 3.05) is 20.6 Å².